The molecule has 1 aliphatic carbocycles. The fourth-order valence-corrected chi connectivity index (χ4v) is 4.41. The van der Waals surface area contributed by atoms with Crippen LogP contribution in [-0.4, -0.2) is 43.3 Å². The summed E-state index contributed by atoms with van der Waals surface area (Å²) in [6.45, 7) is 6.76. The van der Waals surface area contributed by atoms with Crippen LogP contribution in [0, 0.1) is 6.92 Å². The van der Waals surface area contributed by atoms with Crippen molar-refractivity contribution < 1.29 is 18.8 Å². The number of nitrogens with one attached hydrogen (secondary N) is 2. The van der Waals surface area contributed by atoms with Crippen molar-refractivity contribution >= 4 is 11.9 Å². The number of carbonyl (C=O) groups is 2. The molecule has 0 radical (unpaired) electrons. The van der Waals surface area contributed by atoms with Crippen LogP contribution in [0.2, 0.25) is 0 Å². The molecule has 1 saturated carbocycles. The summed E-state index contributed by atoms with van der Waals surface area (Å²) < 4.78 is 10.9. The third-order valence-corrected chi connectivity index (χ3v) is 7.02. The van der Waals surface area contributed by atoms with E-state index < -0.39 is 5.41 Å². The van der Waals surface area contributed by atoms with Gasteiger partial charge in [-0.05, 0) is 63.8 Å². The Morgan fingerprint density at radius 3 is 2.25 bits per heavy atom. The van der Waals surface area contributed by atoms with Gasteiger partial charge in [0.15, 0.2) is 5.76 Å². The van der Waals surface area contributed by atoms with Crippen molar-refractivity contribution in [1.29, 1.82) is 0 Å². The van der Waals surface area contributed by atoms with Crippen LogP contribution in [-0.2, 0) is 26.2 Å². The van der Waals surface area contributed by atoms with Gasteiger partial charge in [-0.2, -0.15) is 0 Å². The number of esters is 1. The van der Waals surface area contributed by atoms with E-state index in [0.29, 0.717) is 31.8 Å². The second-order valence-electron chi connectivity index (χ2n) is 9.53. The topological polar surface area (TPSA) is 93.5 Å². The first-order valence-corrected chi connectivity index (χ1v) is 12.7. The van der Waals surface area contributed by atoms with E-state index in [1.807, 2.05) is 52.1 Å². The Hall–Kier alpha value is -3.45. The Bertz CT molecular complexity index is 1190. The minimum absolute atomic E-state index is 0.0124. The number of aromatic nitrogens is 1. The lowest BCUT2D eigenvalue weighted by Gasteiger charge is -2.14. The number of rotatable bonds is 11. The molecule has 0 saturated heterocycles. The third kappa shape index (κ3) is 5.51. The minimum atomic E-state index is -0.457. The molecule has 4 rings (SSSR count). The van der Waals surface area contributed by atoms with E-state index in [1.165, 1.54) is 0 Å². The summed E-state index contributed by atoms with van der Waals surface area (Å²) in [6, 6.07) is 16.5. The summed E-state index contributed by atoms with van der Waals surface area (Å²) in [7, 11) is 1.87. The van der Waals surface area contributed by atoms with Crippen LogP contribution >= 0.6 is 0 Å². The Morgan fingerprint density at radius 1 is 1.06 bits per heavy atom. The van der Waals surface area contributed by atoms with Crippen LogP contribution in [0.25, 0.3) is 22.5 Å². The molecule has 1 heterocycles. The molecule has 1 amide bonds. The molecule has 7 nitrogen and oxygen atoms in total. The zero-order valence-electron chi connectivity index (χ0n) is 21.5. The lowest BCUT2D eigenvalue weighted by Crippen LogP contribution is -2.37. The smallest absolute Gasteiger partial charge is 0.316 e. The average Bonchev–Trinajstić information content (AvgIpc) is 3.64. The normalized spacial score (nSPS) is 14.8. The fraction of sp³-hybridized carbons (Fsp3) is 0.414. The maximum atomic E-state index is 12.4. The maximum Gasteiger partial charge on any atom is 0.316 e. The molecule has 2 aromatic carbocycles. The van der Waals surface area contributed by atoms with Gasteiger partial charge in [0.25, 0.3) is 0 Å². The molecule has 1 aliphatic rings. The highest BCUT2D eigenvalue weighted by atomic mass is 16.5. The van der Waals surface area contributed by atoms with Crippen LogP contribution in [0.15, 0.2) is 53.1 Å². The van der Waals surface area contributed by atoms with Crippen molar-refractivity contribution in [1.82, 2.24) is 15.8 Å². The van der Waals surface area contributed by atoms with Gasteiger partial charge >= 0.3 is 5.97 Å². The van der Waals surface area contributed by atoms with E-state index in [1.54, 1.807) is 0 Å². The number of benzene rings is 2. The van der Waals surface area contributed by atoms with E-state index in [-0.39, 0.29) is 17.9 Å². The van der Waals surface area contributed by atoms with E-state index in [9.17, 15) is 9.59 Å². The lowest BCUT2D eigenvalue weighted by molar-refractivity contribution is -0.146. The van der Waals surface area contributed by atoms with Gasteiger partial charge in [0, 0.05) is 30.1 Å². The molecule has 1 aromatic heterocycles. The molecular formula is C29H35N3O4. The van der Waals surface area contributed by atoms with Gasteiger partial charge in [0.1, 0.15) is 0 Å². The molecule has 3 aromatic rings. The van der Waals surface area contributed by atoms with Crippen LogP contribution < -0.4 is 10.6 Å². The lowest BCUT2D eigenvalue weighted by atomic mass is 9.93. The Balaban J connectivity index is 1.43. The average molecular weight is 490 g/mol. The molecule has 1 unspecified atom stereocenters. The summed E-state index contributed by atoms with van der Waals surface area (Å²) in [6.07, 6.45) is 2.63. The van der Waals surface area contributed by atoms with Gasteiger partial charge in [-0.1, -0.05) is 53.7 Å². The Kier molecular flexibility index (Phi) is 7.89. The van der Waals surface area contributed by atoms with Gasteiger partial charge in [-0.25, -0.2) is 0 Å². The van der Waals surface area contributed by atoms with Crippen molar-refractivity contribution in [3.8, 4) is 22.5 Å². The minimum Gasteiger partial charge on any atom is -0.465 e. The van der Waals surface area contributed by atoms with E-state index in [4.69, 9.17) is 9.26 Å². The van der Waals surface area contributed by atoms with Crippen LogP contribution in [0.5, 0.6) is 0 Å². The largest absolute Gasteiger partial charge is 0.465 e. The maximum absolute atomic E-state index is 12.4. The first kappa shape index (κ1) is 25.6. The van der Waals surface area contributed by atoms with Crippen LogP contribution in [0.4, 0.5) is 0 Å². The van der Waals surface area contributed by atoms with Gasteiger partial charge in [-0.3, -0.25) is 9.59 Å². The van der Waals surface area contributed by atoms with E-state index in [0.717, 1.165) is 46.4 Å². The quantitative estimate of drug-likeness (QED) is 0.383. The van der Waals surface area contributed by atoms with Crippen molar-refractivity contribution in [3.63, 3.8) is 0 Å². The molecule has 36 heavy (non-hydrogen) atoms. The molecule has 1 atom stereocenters. The third-order valence-electron chi connectivity index (χ3n) is 7.02. The highest BCUT2D eigenvalue weighted by Gasteiger charge is 2.52. The fourth-order valence-electron chi connectivity index (χ4n) is 4.41. The molecule has 1 fully saturated rings. The highest BCUT2D eigenvalue weighted by molar-refractivity contribution is 5.87. The van der Waals surface area contributed by atoms with Crippen LogP contribution in [0.3, 0.4) is 0 Å². The number of ether oxygens (including phenoxy) is 1. The molecule has 0 aliphatic heterocycles. The van der Waals surface area contributed by atoms with Crippen molar-refractivity contribution in [2.75, 3.05) is 20.2 Å². The zero-order chi connectivity index (χ0) is 25.7. The Labute approximate surface area is 212 Å². The first-order chi connectivity index (χ1) is 17.4. The number of hydrogen-bond acceptors (Lipinski definition) is 6. The van der Waals surface area contributed by atoms with Gasteiger partial charge in [-0.15, -0.1) is 0 Å². The number of likely N-dealkylation sites (N-methyl/N-ethyl adjacent to an activating group) is 1. The Morgan fingerprint density at radius 2 is 1.67 bits per heavy atom. The number of carbonyl (C=O) groups excluding carboxylic acids is 2. The standard InChI is InChI=1S/C29H35N3O4/c1-5-35-28(34)29(16-17-29)24-12-10-22(11-13-24)21-6-8-23(9-7-21)27-25(20(3)32-36-27)14-15-26(33)31-18-19(2)30-4/h6-13,19,30H,5,14-18H2,1-4H3,(H,31,33). The summed E-state index contributed by atoms with van der Waals surface area (Å²) >= 11 is 0. The SMILES string of the molecule is CCOC(=O)C1(c2ccc(-c3ccc(-c4onc(C)c4CCC(=O)NCC(C)NC)cc3)cc2)CC1. The van der Waals surface area contributed by atoms with Gasteiger partial charge < -0.3 is 19.9 Å². The number of amides is 1. The number of hydrogen-bond donors (Lipinski definition) is 2. The predicted octanol–water partition coefficient (Wildman–Crippen LogP) is 4.57. The molecule has 2 N–H and O–H groups in total. The molecule has 7 heteroatoms. The number of aryl methyl sites for hydroxylation is 1. The van der Waals surface area contributed by atoms with Gasteiger partial charge in [0.05, 0.1) is 17.7 Å². The molecule has 0 spiro atoms. The summed E-state index contributed by atoms with van der Waals surface area (Å²) in [5, 5.41) is 10.2. The molecule has 190 valence electrons. The van der Waals surface area contributed by atoms with Gasteiger partial charge in [0.2, 0.25) is 5.91 Å². The van der Waals surface area contributed by atoms with Crippen LogP contribution in [0.1, 0.15) is 49.9 Å². The number of nitrogens with zero attached hydrogens (tertiary/aromatic N) is 1. The summed E-state index contributed by atoms with van der Waals surface area (Å²) in [5.41, 5.74) is 5.39. The summed E-state index contributed by atoms with van der Waals surface area (Å²) in [5.74, 6) is 0.597. The molecular weight excluding hydrogens is 454 g/mol. The van der Waals surface area contributed by atoms with Crippen molar-refractivity contribution in [2.24, 2.45) is 0 Å². The predicted molar refractivity (Wildman–Crippen MR) is 140 cm³/mol. The second kappa shape index (κ2) is 11.1. The van der Waals surface area contributed by atoms with Crippen molar-refractivity contribution in [3.05, 3.63) is 65.4 Å². The highest BCUT2D eigenvalue weighted by Crippen LogP contribution is 2.49. The van der Waals surface area contributed by atoms with E-state index >= 15 is 0 Å². The first-order valence-electron chi connectivity index (χ1n) is 12.7. The molecule has 0 bridgehead atoms. The zero-order valence-corrected chi connectivity index (χ0v) is 21.5. The monoisotopic (exact) mass is 489 g/mol. The second-order valence-corrected chi connectivity index (χ2v) is 9.53. The summed E-state index contributed by atoms with van der Waals surface area (Å²) in [4.78, 5) is 24.6. The van der Waals surface area contributed by atoms with Crippen molar-refractivity contribution in [2.45, 2.75) is 57.9 Å². The van der Waals surface area contributed by atoms with E-state index in [2.05, 4.69) is 40.1 Å².